The molecule has 1 aliphatic rings. The van der Waals surface area contributed by atoms with E-state index in [1.165, 1.54) is 0 Å². The number of carboxylic acids is 1. The number of allylic oxidation sites excluding steroid dienone is 1. The van der Waals surface area contributed by atoms with E-state index in [0.717, 1.165) is 12.8 Å². The molecule has 3 nitrogen and oxygen atoms in total. The molecule has 1 saturated carbocycles. The average Bonchev–Trinajstić information content (AvgIpc) is 2.22. The molecule has 0 amide bonds. The monoisotopic (exact) mass is 224 g/mol. The van der Waals surface area contributed by atoms with Crippen LogP contribution in [0, 0.1) is 11.3 Å². The number of carbonyl (C=O) groups is 2. The lowest BCUT2D eigenvalue weighted by atomic mass is 9.65. The zero-order chi connectivity index (χ0) is 12.2. The molecule has 0 saturated heterocycles. The Bertz CT molecular complexity index is 296. The largest absolute Gasteiger partial charge is 0.481 e. The Labute approximate surface area is 96.5 Å². The number of hydrogen-bond donors (Lipinski definition) is 1. The molecule has 1 rings (SSSR count). The highest BCUT2D eigenvalue weighted by Gasteiger charge is 2.42. The summed E-state index contributed by atoms with van der Waals surface area (Å²) in [6, 6.07) is 0. The van der Waals surface area contributed by atoms with E-state index in [9.17, 15) is 9.59 Å². The fraction of sp³-hybridized carbons (Fsp3) is 0.692. The Morgan fingerprint density at radius 2 is 2.38 bits per heavy atom. The lowest BCUT2D eigenvalue weighted by molar-refractivity contribution is -0.147. The summed E-state index contributed by atoms with van der Waals surface area (Å²) in [4.78, 5) is 22.9. The van der Waals surface area contributed by atoms with Gasteiger partial charge in [-0.1, -0.05) is 13.0 Å². The molecule has 0 aliphatic heterocycles. The van der Waals surface area contributed by atoms with Crippen LogP contribution in [-0.4, -0.2) is 16.9 Å². The van der Waals surface area contributed by atoms with Crippen LogP contribution in [0.3, 0.4) is 0 Å². The molecule has 2 unspecified atom stereocenters. The maximum atomic E-state index is 12.1. The van der Waals surface area contributed by atoms with Gasteiger partial charge in [0.2, 0.25) is 0 Å². The molecule has 0 aromatic heterocycles. The van der Waals surface area contributed by atoms with Gasteiger partial charge in [-0.25, -0.2) is 0 Å². The van der Waals surface area contributed by atoms with Crippen molar-refractivity contribution in [1.29, 1.82) is 0 Å². The summed E-state index contributed by atoms with van der Waals surface area (Å²) < 4.78 is 0. The highest BCUT2D eigenvalue weighted by atomic mass is 16.4. The van der Waals surface area contributed by atoms with Gasteiger partial charge in [-0.3, -0.25) is 9.59 Å². The van der Waals surface area contributed by atoms with E-state index < -0.39 is 11.4 Å². The van der Waals surface area contributed by atoms with E-state index in [1.807, 2.05) is 13.0 Å². The summed E-state index contributed by atoms with van der Waals surface area (Å²) in [7, 11) is 0. The summed E-state index contributed by atoms with van der Waals surface area (Å²) in [5.74, 6) is -0.355. The van der Waals surface area contributed by atoms with Gasteiger partial charge in [-0.05, 0) is 31.6 Å². The molecule has 1 aliphatic carbocycles. The van der Waals surface area contributed by atoms with E-state index >= 15 is 0 Å². The summed E-state index contributed by atoms with van der Waals surface area (Å²) in [5, 5.41) is 8.88. The molecule has 2 atom stereocenters. The first kappa shape index (κ1) is 12.9. The SMILES string of the molecule is C=CCC1CCC(CC)(CC(=O)O)C(=O)C1. The first-order chi connectivity index (χ1) is 7.54. The second-order valence-corrected chi connectivity index (χ2v) is 4.76. The molecule has 0 bridgehead atoms. The van der Waals surface area contributed by atoms with Crippen molar-refractivity contribution in [2.45, 2.75) is 45.4 Å². The Balaban J connectivity index is 2.72. The molecule has 16 heavy (non-hydrogen) atoms. The number of Topliss-reactive ketones (excluding diaryl/α,β-unsaturated/α-hetero) is 1. The van der Waals surface area contributed by atoms with Crippen LogP contribution >= 0.6 is 0 Å². The Kier molecular flexibility index (Phi) is 4.27. The van der Waals surface area contributed by atoms with Gasteiger partial charge in [-0.15, -0.1) is 6.58 Å². The average molecular weight is 224 g/mol. The molecule has 0 spiro atoms. The van der Waals surface area contributed by atoms with Crippen molar-refractivity contribution in [3.05, 3.63) is 12.7 Å². The molecule has 1 N–H and O–H groups in total. The van der Waals surface area contributed by atoms with Gasteiger partial charge in [0.25, 0.3) is 0 Å². The molecular weight excluding hydrogens is 204 g/mol. The third-order valence-corrected chi connectivity index (χ3v) is 3.76. The van der Waals surface area contributed by atoms with Crippen LogP contribution in [0.2, 0.25) is 0 Å². The molecular formula is C13H20O3. The molecule has 0 radical (unpaired) electrons. The van der Waals surface area contributed by atoms with Crippen molar-refractivity contribution in [2.24, 2.45) is 11.3 Å². The highest BCUT2D eigenvalue weighted by molar-refractivity contribution is 5.89. The van der Waals surface area contributed by atoms with Crippen molar-refractivity contribution in [3.8, 4) is 0 Å². The third kappa shape index (κ3) is 2.71. The van der Waals surface area contributed by atoms with Crippen molar-refractivity contribution in [3.63, 3.8) is 0 Å². The second kappa shape index (κ2) is 5.28. The summed E-state index contributed by atoms with van der Waals surface area (Å²) in [6.45, 7) is 5.59. The Hall–Kier alpha value is -1.12. The van der Waals surface area contributed by atoms with Crippen molar-refractivity contribution in [1.82, 2.24) is 0 Å². The van der Waals surface area contributed by atoms with Gasteiger partial charge in [0, 0.05) is 11.8 Å². The van der Waals surface area contributed by atoms with Crippen LogP contribution in [0.25, 0.3) is 0 Å². The number of ketones is 1. The van der Waals surface area contributed by atoms with Crippen molar-refractivity contribution >= 4 is 11.8 Å². The van der Waals surface area contributed by atoms with Gasteiger partial charge in [0.15, 0.2) is 0 Å². The van der Waals surface area contributed by atoms with Crippen LogP contribution in [0.4, 0.5) is 0 Å². The van der Waals surface area contributed by atoms with Gasteiger partial charge >= 0.3 is 5.97 Å². The quantitative estimate of drug-likeness (QED) is 0.730. The van der Waals surface area contributed by atoms with E-state index in [4.69, 9.17) is 5.11 Å². The maximum Gasteiger partial charge on any atom is 0.304 e. The number of carbonyl (C=O) groups excluding carboxylic acids is 1. The van der Waals surface area contributed by atoms with E-state index in [2.05, 4.69) is 6.58 Å². The molecule has 0 aromatic rings. The molecule has 1 fully saturated rings. The summed E-state index contributed by atoms with van der Waals surface area (Å²) in [5.41, 5.74) is -0.594. The fourth-order valence-electron chi connectivity index (χ4n) is 2.61. The Morgan fingerprint density at radius 1 is 1.69 bits per heavy atom. The fourth-order valence-corrected chi connectivity index (χ4v) is 2.61. The first-order valence-electron chi connectivity index (χ1n) is 5.90. The summed E-state index contributed by atoms with van der Waals surface area (Å²) >= 11 is 0. The number of carboxylic acid groups (broad SMARTS) is 1. The smallest absolute Gasteiger partial charge is 0.304 e. The molecule has 90 valence electrons. The van der Waals surface area contributed by atoms with Crippen LogP contribution in [0.15, 0.2) is 12.7 Å². The third-order valence-electron chi connectivity index (χ3n) is 3.76. The molecule has 0 aromatic carbocycles. The zero-order valence-corrected chi connectivity index (χ0v) is 9.87. The standard InChI is InChI=1S/C13H20O3/c1-3-5-10-6-7-13(4-2,9-12(15)16)11(14)8-10/h3,10H,1,4-9H2,2H3,(H,15,16). The van der Waals surface area contributed by atoms with Gasteiger partial charge < -0.3 is 5.11 Å². The molecule has 0 heterocycles. The number of aliphatic carboxylic acids is 1. The van der Waals surface area contributed by atoms with Crippen LogP contribution in [-0.2, 0) is 9.59 Å². The van der Waals surface area contributed by atoms with Crippen LogP contribution in [0.5, 0.6) is 0 Å². The highest BCUT2D eigenvalue weighted by Crippen LogP contribution is 2.42. The normalized spacial score (nSPS) is 30.1. The van der Waals surface area contributed by atoms with Crippen LogP contribution < -0.4 is 0 Å². The lowest BCUT2D eigenvalue weighted by Crippen LogP contribution is -2.38. The topological polar surface area (TPSA) is 54.4 Å². The zero-order valence-electron chi connectivity index (χ0n) is 9.87. The predicted octanol–water partition coefficient (Wildman–Crippen LogP) is 2.80. The Morgan fingerprint density at radius 3 is 2.81 bits per heavy atom. The minimum absolute atomic E-state index is 0.0108. The van der Waals surface area contributed by atoms with E-state index in [-0.39, 0.29) is 12.2 Å². The molecule has 3 heteroatoms. The van der Waals surface area contributed by atoms with Crippen molar-refractivity contribution in [2.75, 3.05) is 0 Å². The number of rotatable bonds is 5. The minimum Gasteiger partial charge on any atom is -0.481 e. The lowest BCUT2D eigenvalue weighted by Gasteiger charge is -2.36. The predicted molar refractivity (Wildman–Crippen MR) is 62.1 cm³/mol. The maximum absolute atomic E-state index is 12.1. The van der Waals surface area contributed by atoms with E-state index in [0.29, 0.717) is 25.2 Å². The van der Waals surface area contributed by atoms with E-state index in [1.54, 1.807) is 0 Å². The summed E-state index contributed by atoms with van der Waals surface area (Å²) in [6.07, 6.45) is 5.51. The van der Waals surface area contributed by atoms with Crippen LogP contribution in [0.1, 0.15) is 45.4 Å². The second-order valence-electron chi connectivity index (χ2n) is 4.76. The van der Waals surface area contributed by atoms with Gasteiger partial charge in [0.1, 0.15) is 5.78 Å². The van der Waals surface area contributed by atoms with Gasteiger partial charge in [-0.2, -0.15) is 0 Å². The van der Waals surface area contributed by atoms with Crippen molar-refractivity contribution < 1.29 is 14.7 Å². The minimum atomic E-state index is -0.864. The number of hydrogen-bond acceptors (Lipinski definition) is 2. The van der Waals surface area contributed by atoms with Gasteiger partial charge in [0.05, 0.1) is 6.42 Å². The first-order valence-corrected chi connectivity index (χ1v) is 5.90.